The standard InChI is InChI=1S/C14H15FN2O3/c1-7-3-9(15)4-10-12(7)16-5-11(13(10)19)14(20)17-8(2)6-18/h3-5,8,18H,6H2,1-2H3,(H,16,19)(H,17,20). The van der Waals surface area contributed by atoms with Gasteiger partial charge >= 0.3 is 0 Å². The summed E-state index contributed by atoms with van der Waals surface area (Å²) in [6.45, 7) is 3.05. The fourth-order valence-electron chi connectivity index (χ4n) is 1.98. The number of H-pyrrole nitrogens is 1. The molecular weight excluding hydrogens is 263 g/mol. The number of benzene rings is 1. The van der Waals surface area contributed by atoms with Gasteiger partial charge in [0.05, 0.1) is 12.1 Å². The number of aromatic amines is 1. The lowest BCUT2D eigenvalue weighted by Gasteiger charge is -2.11. The van der Waals surface area contributed by atoms with Crippen molar-refractivity contribution in [1.82, 2.24) is 10.3 Å². The van der Waals surface area contributed by atoms with E-state index in [0.29, 0.717) is 11.1 Å². The van der Waals surface area contributed by atoms with E-state index in [1.807, 2.05) is 0 Å². The van der Waals surface area contributed by atoms with E-state index < -0.39 is 23.2 Å². The van der Waals surface area contributed by atoms with Crippen LogP contribution >= 0.6 is 0 Å². The molecule has 1 unspecified atom stereocenters. The average Bonchev–Trinajstić information content (AvgIpc) is 2.39. The van der Waals surface area contributed by atoms with Crippen molar-refractivity contribution >= 4 is 16.8 Å². The van der Waals surface area contributed by atoms with Crippen molar-refractivity contribution in [3.63, 3.8) is 0 Å². The number of fused-ring (bicyclic) bond motifs is 1. The first kappa shape index (κ1) is 14.2. The molecule has 0 aliphatic heterocycles. The predicted molar refractivity (Wildman–Crippen MR) is 73.3 cm³/mol. The fraction of sp³-hybridized carbons (Fsp3) is 0.286. The van der Waals surface area contributed by atoms with Crippen molar-refractivity contribution in [2.45, 2.75) is 19.9 Å². The Morgan fingerprint density at radius 1 is 1.50 bits per heavy atom. The number of aromatic nitrogens is 1. The average molecular weight is 278 g/mol. The maximum Gasteiger partial charge on any atom is 0.257 e. The van der Waals surface area contributed by atoms with E-state index in [9.17, 15) is 14.0 Å². The molecule has 1 aromatic heterocycles. The molecule has 1 amide bonds. The van der Waals surface area contributed by atoms with Crippen LogP contribution < -0.4 is 10.7 Å². The van der Waals surface area contributed by atoms with Gasteiger partial charge in [0.25, 0.3) is 5.91 Å². The van der Waals surface area contributed by atoms with Gasteiger partial charge in [-0.2, -0.15) is 0 Å². The second-order valence-corrected chi connectivity index (χ2v) is 4.73. The molecule has 0 fully saturated rings. The topological polar surface area (TPSA) is 82.2 Å². The molecule has 3 N–H and O–H groups in total. The Kier molecular flexibility index (Phi) is 3.85. The van der Waals surface area contributed by atoms with Crippen LogP contribution in [0, 0.1) is 12.7 Å². The molecule has 1 aromatic carbocycles. The zero-order chi connectivity index (χ0) is 14.9. The Labute approximate surface area is 114 Å². The molecule has 0 radical (unpaired) electrons. The van der Waals surface area contributed by atoms with Gasteiger partial charge in [0.1, 0.15) is 11.4 Å². The molecule has 1 atom stereocenters. The summed E-state index contributed by atoms with van der Waals surface area (Å²) >= 11 is 0. The van der Waals surface area contributed by atoms with Crippen LogP contribution in [0.4, 0.5) is 4.39 Å². The number of hydrogen-bond acceptors (Lipinski definition) is 3. The van der Waals surface area contributed by atoms with Crippen LogP contribution in [0.5, 0.6) is 0 Å². The van der Waals surface area contributed by atoms with E-state index in [1.54, 1.807) is 13.8 Å². The third-order valence-corrected chi connectivity index (χ3v) is 3.05. The van der Waals surface area contributed by atoms with Crippen LogP contribution in [0.1, 0.15) is 22.8 Å². The van der Waals surface area contributed by atoms with Gasteiger partial charge in [-0.15, -0.1) is 0 Å². The Balaban J connectivity index is 2.55. The lowest BCUT2D eigenvalue weighted by molar-refractivity contribution is 0.0921. The first-order valence-corrected chi connectivity index (χ1v) is 6.17. The molecular formula is C14H15FN2O3. The molecule has 0 saturated carbocycles. The molecule has 1 heterocycles. The molecule has 2 rings (SSSR count). The van der Waals surface area contributed by atoms with Crippen LogP contribution in [0.25, 0.3) is 10.9 Å². The van der Waals surface area contributed by atoms with Gasteiger partial charge in [-0.1, -0.05) is 0 Å². The fourth-order valence-corrected chi connectivity index (χ4v) is 1.98. The number of pyridine rings is 1. The quantitative estimate of drug-likeness (QED) is 0.786. The van der Waals surface area contributed by atoms with Crippen LogP contribution in [0.3, 0.4) is 0 Å². The summed E-state index contributed by atoms with van der Waals surface area (Å²) in [5, 5.41) is 11.5. The number of aliphatic hydroxyl groups is 1. The number of amides is 1. The zero-order valence-electron chi connectivity index (χ0n) is 11.2. The Morgan fingerprint density at radius 2 is 2.20 bits per heavy atom. The number of hydrogen-bond donors (Lipinski definition) is 3. The van der Waals surface area contributed by atoms with E-state index >= 15 is 0 Å². The van der Waals surface area contributed by atoms with Gasteiger partial charge in [-0.3, -0.25) is 9.59 Å². The second-order valence-electron chi connectivity index (χ2n) is 4.73. The van der Waals surface area contributed by atoms with E-state index in [-0.39, 0.29) is 17.6 Å². The highest BCUT2D eigenvalue weighted by Crippen LogP contribution is 2.15. The van der Waals surface area contributed by atoms with Gasteiger partial charge < -0.3 is 15.4 Å². The first-order chi connectivity index (χ1) is 9.43. The van der Waals surface area contributed by atoms with Crippen molar-refractivity contribution < 1.29 is 14.3 Å². The van der Waals surface area contributed by atoms with Crippen molar-refractivity contribution in [2.24, 2.45) is 0 Å². The van der Waals surface area contributed by atoms with Crippen molar-refractivity contribution in [2.75, 3.05) is 6.61 Å². The summed E-state index contributed by atoms with van der Waals surface area (Å²) in [5.41, 5.74) is 0.447. The lowest BCUT2D eigenvalue weighted by Crippen LogP contribution is -2.37. The third kappa shape index (κ3) is 2.55. The number of carbonyl (C=O) groups is 1. The monoisotopic (exact) mass is 278 g/mol. The SMILES string of the molecule is Cc1cc(F)cc2c(=O)c(C(=O)NC(C)CO)c[nH]c12. The number of rotatable bonds is 3. The van der Waals surface area contributed by atoms with Gasteiger partial charge in [0.2, 0.25) is 5.43 Å². The molecule has 0 spiro atoms. The zero-order valence-corrected chi connectivity index (χ0v) is 11.2. The predicted octanol–water partition coefficient (Wildman–Crippen LogP) is 1.09. The maximum absolute atomic E-state index is 13.4. The van der Waals surface area contributed by atoms with E-state index in [1.165, 1.54) is 12.3 Å². The minimum absolute atomic E-state index is 0.109. The molecule has 0 aliphatic carbocycles. The Morgan fingerprint density at radius 3 is 2.85 bits per heavy atom. The Bertz CT molecular complexity index is 724. The van der Waals surface area contributed by atoms with Crippen molar-refractivity contribution in [3.05, 3.63) is 45.5 Å². The van der Waals surface area contributed by atoms with Crippen LogP contribution in [-0.4, -0.2) is 28.6 Å². The van der Waals surface area contributed by atoms with Gasteiger partial charge in [0.15, 0.2) is 0 Å². The number of halogens is 1. The largest absolute Gasteiger partial charge is 0.394 e. The van der Waals surface area contributed by atoms with E-state index in [4.69, 9.17) is 5.11 Å². The van der Waals surface area contributed by atoms with Crippen LogP contribution in [0.2, 0.25) is 0 Å². The van der Waals surface area contributed by atoms with Gasteiger partial charge in [-0.05, 0) is 31.5 Å². The molecule has 0 aliphatic rings. The van der Waals surface area contributed by atoms with Gasteiger partial charge in [0, 0.05) is 17.6 Å². The summed E-state index contributed by atoms with van der Waals surface area (Å²) < 4.78 is 13.4. The minimum atomic E-state index is -0.600. The summed E-state index contributed by atoms with van der Waals surface area (Å²) in [6, 6.07) is 1.95. The molecule has 20 heavy (non-hydrogen) atoms. The second kappa shape index (κ2) is 5.42. The van der Waals surface area contributed by atoms with Crippen LogP contribution in [0.15, 0.2) is 23.1 Å². The molecule has 6 heteroatoms. The highest BCUT2D eigenvalue weighted by Gasteiger charge is 2.16. The molecule has 0 saturated heterocycles. The summed E-state index contributed by atoms with van der Waals surface area (Å²) in [4.78, 5) is 27.0. The maximum atomic E-state index is 13.4. The number of carbonyl (C=O) groups excluding carboxylic acids is 1. The van der Waals surface area contributed by atoms with E-state index in [2.05, 4.69) is 10.3 Å². The third-order valence-electron chi connectivity index (χ3n) is 3.05. The normalized spacial score (nSPS) is 12.4. The number of nitrogens with one attached hydrogen (secondary N) is 2. The number of aliphatic hydroxyl groups excluding tert-OH is 1. The van der Waals surface area contributed by atoms with Crippen molar-refractivity contribution in [1.29, 1.82) is 0 Å². The highest BCUT2D eigenvalue weighted by atomic mass is 19.1. The summed E-state index contributed by atoms with van der Waals surface area (Å²) in [7, 11) is 0. The number of aryl methyl sites for hydroxylation is 1. The van der Waals surface area contributed by atoms with Crippen molar-refractivity contribution in [3.8, 4) is 0 Å². The molecule has 106 valence electrons. The van der Waals surface area contributed by atoms with Crippen LogP contribution in [-0.2, 0) is 0 Å². The van der Waals surface area contributed by atoms with Gasteiger partial charge in [-0.25, -0.2) is 4.39 Å². The Hall–Kier alpha value is -2.21. The molecule has 0 bridgehead atoms. The molecule has 5 nitrogen and oxygen atoms in total. The summed E-state index contributed by atoms with van der Waals surface area (Å²) in [6.07, 6.45) is 1.30. The summed E-state index contributed by atoms with van der Waals surface area (Å²) in [5.74, 6) is -1.13. The molecule has 2 aromatic rings. The first-order valence-electron chi connectivity index (χ1n) is 6.17. The highest BCUT2D eigenvalue weighted by molar-refractivity contribution is 5.97. The van der Waals surface area contributed by atoms with E-state index in [0.717, 1.165) is 6.07 Å². The smallest absolute Gasteiger partial charge is 0.257 e. The lowest BCUT2D eigenvalue weighted by atomic mass is 10.1. The minimum Gasteiger partial charge on any atom is -0.394 e.